The molecule has 0 saturated carbocycles. The lowest BCUT2D eigenvalue weighted by atomic mass is 10.3. The zero-order valence-corrected chi connectivity index (χ0v) is 11.8. The van der Waals surface area contributed by atoms with Gasteiger partial charge < -0.3 is 4.74 Å². The molecule has 0 aromatic heterocycles. The Morgan fingerprint density at radius 2 is 1.63 bits per heavy atom. The zero-order chi connectivity index (χ0) is 14.7. The number of hydrogen-bond acceptors (Lipinski definition) is 1. The third-order valence-electron chi connectivity index (χ3n) is 1.67. The number of hydrogen-bond donors (Lipinski definition) is 0. The molecule has 2 heteroatoms. The summed E-state index contributed by atoms with van der Waals surface area (Å²) in [6, 6.07) is 5.90. The number of benzene rings is 1. The first kappa shape index (κ1) is 16.9. The molecule has 0 aliphatic carbocycles. The van der Waals surface area contributed by atoms with Crippen molar-refractivity contribution in [2.24, 2.45) is 0 Å². The van der Waals surface area contributed by atoms with E-state index >= 15 is 0 Å². The van der Waals surface area contributed by atoms with Crippen LogP contribution in [0.5, 0.6) is 5.75 Å². The third-order valence-corrected chi connectivity index (χ3v) is 1.67. The van der Waals surface area contributed by atoms with Gasteiger partial charge in [-0.25, -0.2) is 4.39 Å². The van der Waals surface area contributed by atoms with Crippen molar-refractivity contribution in [1.82, 2.24) is 0 Å². The first-order valence-corrected chi connectivity index (χ1v) is 5.97. The molecule has 1 rings (SSSR count). The van der Waals surface area contributed by atoms with Crippen molar-refractivity contribution in [3.63, 3.8) is 0 Å². The van der Waals surface area contributed by atoms with Gasteiger partial charge in [0.2, 0.25) is 0 Å². The summed E-state index contributed by atoms with van der Waals surface area (Å²) in [6.45, 7) is 12.9. The molecular formula is C17H21FO. The summed E-state index contributed by atoms with van der Waals surface area (Å²) >= 11 is 0. The fraction of sp³-hybridized carbons (Fsp3) is 0.176. The first-order chi connectivity index (χ1) is 8.95. The largest absolute Gasteiger partial charge is 0.462 e. The molecule has 102 valence electrons. The Labute approximate surface area is 115 Å². The molecule has 0 heterocycles. The molecule has 19 heavy (non-hydrogen) atoms. The van der Waals surface area contributed by atoms with Crippen LogP contribution in [0.15, 0.2) is 73.1 Å². The van der Waals surface area contributed by atoms with Crippen LogP contribution in [0.1, 0.15) is 20.8 Å². The van der Waals surface area contributed by atoms with E-state index in [0.717, 1.165) is 5.76 Å². The Morgan fingerprint density at radius 1 is 1.11 bits per heavy atom. The molecule has 0 saturated heterocycles. The predicted octanol–water partition coefficient (Wildman–Crippen LogP) is 5.43. The maximum atomic E-state index is 12.6. The van der Waals surface area contributed by atoms with Crippen LogP contribution in [-0.4, -0.2) is 0 Å². The molecule has 0 aliphatic heterocycles. The highest BCUT2D eigenvalue weighted by atomic mass is 19.1. The Balaban J connectivity index is 0.000000711. The fourth-order valence-corrected chi connectivity index (χ4v) is 0.992. The smallest absolute Gasteiger partial charge is 0.127 e. The topological polar surface area (TPSA) is 9.23 Å². The van der Waals surface area contributed by atoms with Crippen molar-refractivity contribution in [1.29, 1.82) is 0 Å². The first-order valence-electron chi connectivity index (χ1n) is 5.97. The standard InChI is InChI=1S/C13H13FO.C4H8/c1-3-4-5-6-11(2)15-13-9-7-12(14)8-10-13;1-4(2)3/h3-10H,1H2,2H3;1H2,2-3H3/b5-4-,11-6+;. The molecule has 1 nitrogen and oxygen atoms in total. The molecule has 1 aromatic rings. The van der Waals surface area contributed by atoms with E-state index in [1.54, 1.807) is 24.3 Å². The number of rotatable bonds is 4. The molecule has 0 unspecified atom stereocenters. The summed E-state index contributed by atoms with van der Waals surface area (Å²) in [4.78, 5) is 0. The molecule has 0 N–H and O–H groups in total. The monoisotopic (exact) mass is 260 g/mol. The van der Waals surface area contributed by atoms with Gasteiger partial charge in [-0.1, -0.05) is 30.4 Å². The second-order valence-corrected chi connectivity index (χ2v) is 4.16. The van der Waals surface area contributed by atoms with Crippen molar-refractivity contribution in [2.45, 2.75) is 20.8 Å². The van der Waals surface area contributed by atoms with Gasteiger partial charge in [0.15, 0.2) is 0 Å². The average molecular weight is 260 g/mol. The van der Waals surface area contributed by atoms with Crippen molar-refractivity contribution in [2.75, 3.05) is 0 Å². The van der Waals surface area contributed by atoms with Crippen LogP contribution in [0, 0.1) is 5.82 Å². The lowest BCUT2D eigenvalue weighted by Gasteiger charge is -2.04. The average Bonchev–Trinajstić information content (AvgIpc) is 2.32. The Kier molecular flexibility index (Phi) is 8.80. The van der Waals surface area contributed by atoms with Gasteiger partial charge in [-0.2, -0.15) is 0 Å². The summed E-state index contributed by atoms with van der Waals surface area (Å²) in [5, 5.41) is 0. The van der Waals surface area contributed by atoms with Crippen molar-refractivity contribution >= 4 is 0 Å². The van der Waals surface area contributed by atoms with Crippen LogP contribution in [0.2, 0.25) is 0 Å². The lowest BCUT2D eigenvalue weighted by molar-refractivity contribution is 0.427. The number of ether oxygens (including phenoxy) is 1. The molecule has 0 spiro atoms. The van der Waals surface area contributed by atoms with E-state index in [9.17, 15) is 4.39 Å². The molecule has 0 atom stereocenters. The van der Waals surface area contributed by atoms with Crippen LogP contribution in [0.4, 0.5) is 4.39 Å². The van der Waals surface area contributed by atoms with Crippen LogP contribution >= 0.6 is 0 Å². The lowest BCUT2D eigenvalue weighted by Crippen LogP contribution is -1.89. The predicted molar refractivity (Wildman–Crippen MR) is 80.6 cm³/mol. The third kappa shape index (κ3) is 10.8. The minimum absolute atomic E-state index is 0.268. The van der Waals surface area contributed by atoms with E-state index in [1.807, 2.05) is 32.9 Å². The van der Waals surface area contributed by atoms with Gasteiger partial charge in [-0.3, -0.25) is 0 Å². The second kappa shape index (κ2) is 9.89. The Bertz CT molecular complexity index is 449. The van der Waals surface area contributed by atoms with E-state index in [1.165, 1.54) is 17.7 Å². The van der Waals surface area contributed by atoms with Gasteiger partial charge in [0.1, 0.15) is 17.3 Å². The van der Waals surface area contributed by atoms with Crippen LogP contribution in [0.3, 0.4) is 0 Å². The van der Waals surface area contributed by atoms with Crippen molar-refractivity contribution in [3.8, 4) is 5.75 Å². The summed E-state index contributed by atoms with van der Waals surface area (Å²) < 4.78 is 18.0. The van der Waals surface area contributed by atoms with Gasteiger partial charge in [-0.05, 0) is 51.1 Å². The highest BCUT2D eigenvalue weighted by Crippen LogP contribution is 2.14. The molecular weight excluding hydrogens is 239 g/mol. The van der Waals surface area contributed by atoms with E-state index < -0.39 is 0 Å². The normalized spacial score (nSPS) is 10.6. The highest BCUT2D eigenvalue weighted by Gasteiger charge is 1.94. The molecule has 0 amide bonds. The summed E-state index contributed by atoms with van der Waals surface area (Å²) in [5.41, 5.74) is 1.17. The maximum Gasteiger partial charge on any atom is 0.127 e. The number of halogens is 1. The highest BCUT2D eigenvalue weighted by molar-refractivity contribution is 5.25. The summed E-state index contributed by atoms with van der Waals surface area (Å²) in [7, 11) is 0. The van der Waals surface area contributed by atoms with Crippen LogP contribution < -0.4 is 4.74 Å². The Morgan fingerprint density at radius 3 is 2.11 bits per heavy atom. The molecule has 0 fully saturated rings. The van der Waals surface area contributed by atoms with Gasteiger partial charge in [0.05, 0.1) is 0 Å². The maximum absolute atomic E-state index is 12.6. The molecule has 0 aliphatic rings. The van der Waals surface area contributed by atoms with E-state index in [4.69, 9.17) is 4.74 Å². The quantitative estimate of drug-likeness (QED) is 0.398. The van der Waals surface area contributed by atoms with Crippen LogP contribution in [-0.2, 0) is 0 Å². The minimum Gasteiger partial charge on any atom is -0.462 e. The molecule has 0 radical (unpaired) electrons. The van der Waals surface area contributed by atoms with E-state index in [-0.39, 0.29) is 5.82 Å². The molecule has 1 aromatic carbocycles. The van der Waals surface area contributed by atoms with Crippen LogP contribution in [0.25, 0.3) is 0 Å². The van der Waals surface area contributed by atoms with E-state index in [0.29, 0.717) is 5.75 Å². The van der Waals surface area contributed by atoms with Gasteiger partial charge in [0, 0.05) is 0 Å². The van der Waals surface area contributed by atoms with Gasteiger partial charge in [-0.15, -0.1) is 6.58 Å². The van der Waals surface area contributed by atoms with E-state index in [2.05, 4.69) is 13.2 Å². The Hall–Kier alpha value is -2.09. The minimum atomic E-state index is -0.268. The fourth-order valence-electron chi connectivity index (χ4n) is 0.992. The van der Waals surface area contributed by atoms with Gasteiger partial charge in [0.25, 0.3) is 0 Å². The van der Waals surface area contributed by atoms with Crippen molar-refractivity contribution < 1.29 is 9.13 Å². The van der Waals surface area contributed by atoms with Crippen molar-refractivity contribution in [3.05, 3.63) is 78.9 Å². The summed E-state index contributed by atoms with van der Waals surface area (Å²) in [6.07, 6.45) is 7.12. The number of allylic oxidation sites excluding steroid dienone is 6. The summed E-state index contributed by atoms with van der Waals surface area (Å²) in [5.74, 6) is 1.09. The SMILES string of the molecule is C=C(C)C.C=C/C=C\C=C(/C)Oc1ccc(F)cc1. The zero-order valence-electron chi connectivity index (χ0n) is 11.8. The van der Waals surface area contributed by atoms with Gasteiger partial charge >= 0.3 is 0 Å². The molecule has 0 bridgehead atoms. The second-order valence-electron chi connectivity index (χ2n) is 4.16.